The molecule has 3 aliphatic rings. The van der Waals surface area contributed by atoms with E-state index in [0.29, 0.717) is 11.8 Å². The average Bonchev–Trinajstić information content (AvgIpc) is 2.42. The van der Waals surface area contributed by atoms with Crippen LogP contribution in [0.25, 0.3) is 0 Å². The predicted molar refractivity (Wildman–Crippen MR) is 43.0 cm³/mol. The number of aliphatic hydroxyl groups excluding tert-OH is 1. The molecule has 0 radical (unpaired) electrons. The van der Waals surface area contributed by atoms with Crippen molar-refractivity contribution < 1.29 is 5.11 Å². The van der Waals surface area contributed by atoms with Crippen LogP contribution >= 0.6 is 0 Å². The molecule has 2 fully saturated rings. The highest BCUT2D eigenvalue weighted by Gasteiger charge is 2.48. The van der Waals surface area contributed by atoms with Crippen LogP contribution in [-0.2, 0) is 0 Å². The number of allylic oxidation sites excluding steroid dienone is 2. The van der Waals surface area contributed by atoms with Gasteiger partial charge in [-0.2, -0.15) is 0 Å². The first-order chi connectivity index (χ1) is 5.36. The second kappa shape index (κ2) is 1.89. The minimum absolute atomic E-state index is 0.0359. The summed E-state index contributed by atoms with van der Waals surface area (Å²) in [7, 11) is 0. The van der Waals surface area contributed by atoms with Crippen molar-refractivity contribution in [2.45, 2.75) is 25.4 Å². The van der Waals surface area contributed by atoms with Crippen LogP contribution in [0.15, 0.2) is 12.2 Å². The van der Waals surface area contributed by atoms with Gasteiger partial charge in [0.15, 0.2) is 0 Å². The molecule has 0 aromatic heterocycles. The number of aliphatic hydroxyl groups is 1. The molecule has 0 amide bonds. The summed E-state index contributed by atoms with van der Waals surface area (Å²) in [5.74, 6) is 2.70. The Kier molecular flexibility index (Phi) is 1.07. The lowest BCUT2D eigenvalue weighted by atomic mass is 9.76. The van der Waals surface area contributed by atoms with Gasteiger partial charge >= 0.3 is 0 Å². The summed E-state index contributed by atoms with van der Waals surface area (Å²) in [6.45, 7) is 0. The van der Waals surface area contributed by atoms with Crippen LogP contribution in [-0.4, -0.2) is 11.2 Å². The second-order valence-electron chi connectivity index (χ2n) is 4.34. The van der Waals surface area contributed by atoms with Gasteiger partial charge in [0.05, 0.1) is 6.10 Å². The van der Waals surface area contributed by atoms with E-state index in [1.54, 1.807) is 0 Å². The van der Waals surface area contributed by atoms with E-state index in [1.807, 2.05) is 0 Å². The van der Waals surface area contributed by atoms with Gasteiger partial charge in [0, 0.05) is 0 Å². The van der Waals surface area contributed by atoms with Gasteiger partial charge in [0.1, 0.15) is 0 Å². The van der Waals surface area contributed by atoms with Gasteiger partial charge in [-0.15, -0.1) is 0 Å². The molecule has 3 rings (SSSR count). The zero-order valence-corrected chi connectivity index (χ0v) is 6.61. The molecule has 4 bridgehead atoms. The number of hydrogen-bond donors (Lipinski definition) is 1. The summed E-state index contributed by atoms with van der Waals surface area (Å²) >= 11 is 0. The van der Waals surface area contributed by atoms with Crippen LogP contribution in [0.4, 0.5) is 0 Å². The monoisotopic (exact) mass is 150 g/mol. The molecule has 1 nitrogen and oxygen atoms in total. The standard InChI is InChI=1S/C10H14O/c11-10-8-3-4-9(10)7-2-1-6(8)5-7/h1-2,6-11H,3-5H2. The fourth-order valence-corrected chi connectivity index (χ4v) is 3.37. The van der Waals surface area contributed by atoms with Crippen LogP contribution in [0, 0.1) is 23.7 Å². The van der Waals surface area contributed by atoms with Gasteiger partial charge in [-0.3, -0.25) is 0 Å². The van der Waals surface area contributed by atoms with E-state index in [4.69, 9.17) is 0 Å². The van der Waals surface area contributed by atoms with Crippen molar-refractivity contribution in [1.82, 2.24) is 0 Å². The third-order valence-electron chi connectivity index (χ3n) is 3.96. The molecule has 4 atom stereocenters. The minimum atomic E-state index is 0.0359. The molecular weight excluding hydrogens is 136 g/mol. The van der Waals surface area contributed by atoms with E-state index in [2.05, 4.69) is 12.2 Å². The SMILES string of the molecule is OC1C2CCC1C1C=CC2C1. The molecule has 11 heavy (non-hydrogen) atoms. The number of rotatable bonds is 0. The molecule has 0 aromatic carbocycles. The highest BCUT2D eigenvalue weighted by atomic mass is 16.3. The van der Waals surface area contributed by atoms with E-state index in [1.165, 1.54) is 19.3 Å². The van der Waals surface area contributed by atoms with Crippen molar-refractivity contribution in [2.24, 2.45) is 23.7 Å². The van der Waals surface area contributed by atoms with Crippen LogP contribution in [0.3, 0.4) is 0 Å². The Morgan fingerprint density at radius 3 is 2.09 bits per heavy atom. The maximum atomic E-state index is 9.85. The van der Waals surface area contributed by atoms with Crippen molar-refractivity contribution in [2.75, 3.05) is 0 Å². The molecular formula is C10H14O. The zero-order valence-electron chi connectivity index (χ0n) is 6.61. The molecule has 0 heterocycles. The molecule has 0 aromatic rings. The van der Waals surface area contributed by atoms with E-state index in [0.717, 1.165) is 11.8 Å². The van der Waals surface area contributed by atoms with Gasteiger partial charge in [0.25, 0.3) is 0 Å². The minimum Gasteiger partial charge on any atom is -0.393 e. The summed E-state index contributed by atoms with van der Waals surface area (Å²) in [5, 5.41) is 9.85. The number of fused-ring (bicyclic) bond motifs is 6. The lowest BCUT2D eigenvalue weighted by Gasteiger charge is -2.32. The van der Waals surface area contributed by atoms with Crippen LogP contribution in [0.2, 0.25) is 0 Å². The van der Waals surface area contributed by atoms with Gasteiger partial charge in [-0.1, -0.05) is 12.2 Å². The largest absolute Gasteiger partial charge is 0.393 e. The fourth-order valence-electron chi connectivity index (χ4n) is 3.37. The van der Waals surface area contributed by atoms with Crippen molar-refractivity contribution in [3.63, 3.8) is 0 Å². The maximum Gasteiger partial charge on any atom is 0.0607 e. The summed E-state index contributed by atoms with van der Waals surface area (Å²) < 4.78 is 0. The highest BCUT2D eigenvalue weighted by molar-refractivity contribution is 5.14. The van der Waals surface area contributed by atoms with Crippen molar-refractivity contribution in [1.29, 1.82) is 0 Å². The van der Waals surface area contributed by atoms with Crippen LogP contribution in [0.1, 0.15) is 19.3 Å². The molecule has 1 N–H and O–H groups in total. The Labute approximate surface area is 67.1 Å². The Hall–Kier alpha value is -0.300. The van der Waals surface area contributed by atoms with Gasteiger partial charge in [0.2, 0.25) is 0 Å². The highest BCUT2D eigenvalue weighted by Crippen LogP contribution is 2.52. The summed E-state index contributed by atoms with van der Waals surface area (Å²) in [6, 6.07) is 0. The molecule has 0 saturated heterocycles. The Balaban J connectivity index is 2.02. The lowest BCUT2D eigenvalue weighted by Crippen LogP contribution is -2.33. The van der Waals surface area contributed by atoms with Crippen molar-refractivity contribution >= 4 is 0 Å². The lowest BCUT2D eigenvalue weighted by molar-refractivity contribution is 0.0287. The first-order valence-electron chi connectivity index (χ1n) is 4.72. The zero-order chi connectivity index (χ0) is 7.42. The molecule has 2 saturated carbocycles. The maximum absolute atomic E-state index is 9.85. The average molecular weight is 150 g/mol. The van der Waals surface area contributed by atoms with Crippen molar-refractivity contribution in [3.8, 4) is 0 Å². The molecule has 0 aliphatic heterocycles. The topological polar surface area (TPSA) is 20.2 Å². The number of hydrogen-bond acceptors (Lipinski definition) is 1. The molecule has 0 spiro atoms. The second-order valence-corrected chi connectivity index (χ2v) is 4.34. The molecule has 3 aliphatic carbocycles. The third-order valence-corrected chi connectivity index (χ3v) is 3.96. The summed E-state index contributed by atoms with van der Waals surface area (Å²) in [4.78, 5) is 0. The van der Waals surface area contributed by atoms with E-state index >= 15 is 0 Å². The summed E-state index contributed by atoms with van der Waals surface area (Å²) in [5.41, 5.74) is 0. The summed E-state index contributed by atoms with van der Waals surface area (Å²) in [6.07, 6.45) is 8.62. The van der Waals surface area contributed by atoms with Gasteiger partial charge < -0.3 is 5.11 Å². The molecule has 60 valence electrons. The first kappa shape index (κ1) is 6.24. The van der Waals surface area contributed by atoms with Gasteiger partial charge in [-0.25, -0.2) is 0 Å². The van der Waals surface area contributed by atoms with Crippen LogP contribution < -0.4 is 0 Å². The Morgan fingerprint density at radius 1 is 1.00 bits per heavy atom. The Bertz CT molecular complexity index is 189. The van der Waals surface area contributed by atoms with Gasteiger partial charge in [-0.05, 0) is 42.9 Å². The van der Waals surface area contributed by atoms with E-state index < -0.39 is 0 Å². The first-order valence-corrected chi connectivity index (χ1v) is 4.72. The van der Waals surface area contributed by atoms with Crippen molar-refractivity contribution in [3.05, 3.63) is 12.2 Å². The fraction of sp³-hybridized carbons (Fsp3) is 0.800. The third kappa shape index (κ3) is 0.652. The Morgan fingerprint density at radius 2 is 1.55 bits per heavy atom. The normalized spacial score (nSPS) is 58.8. The molecule has 4 unspecified atom stereocenters. The predicted octanol–water partition coefficient (Wildman–Crippen LogP) is 1.58. The quantitative estimate of drug-likeness (QED) is 0.520. The van der Waals surface area contributed by atoms with E-state index in [-0.39, 0.29) is 6.10 Å². The smallest absolute Gasteiger partial charge is 0.0607 e. The van der Waals surface area contributed by atoms with E-state index in [9.17, 15) is 5.11 Å². The van der Waals surface area contributed by atoms with Crippen LogP contribution in [0.5, 0.6) is 0 Å². The molecule has 1 heteroatoms.